The molecule has 0 aliphatic carbocycles. The van der Waals surface area contributed by atoms with Crippen molar-refractivity contribution in [3.05, 3.63) is 61.0 Å². The number of halogens is 2. The van der Waals surface area contributed by atoms with Crippen LogP contribution in [0.3, 0.4) is 0 Å². The molecule has 0 radical (unpaired) electrons. The number of likely N-dealkylation sites (tertiary alicyclic amines) is 1. The van der Waals surface area contributed by atoms with Crippen molar-refractivity contribution >= 4 is 29.1 Å². The number of hydrogen-bond acceptors (Lipinski definition) is 6. The number of carbonyl (C=O) groups is 2. The van der Waals surface area contributed by atoms with Crippen LogP contribution in [0.25, 0.3) is 0 Å². The van der Waals surface area contributed by atoms with Gasteiger partial charge in [-0.05, 0) is 44.0 Å². The quantitative estimate of drug-likeness (QED) is 0.585. The van der Waals surface area contributed by atoms with Crippen LogP contribution in [0.2, 0.25) is 5.02 Å². The number of amides is 1. The van der Waals surface area contributed by atoms with Gasteiger partial charge in [-0.25, -0.2) is 9.18 Å². The number of Topliss-reactive ketones (excluding diaryl/α,β-unsaturated/α-hetero) is 1. The molecule has 1 amide bonds. The highest BCUT2D eigenvalue weighted by Gasteiger charge is 2.31. The Bertz CT molecular complexity index is 1180. The van der Waals surface area contributed by atoms with Crippen LogP contribution in [0.5, 0.6) is 0 Å². The average molecular weight is 466 g/mol. The minimum atomic E-state index is -0.797. The van der Waals surface area contributed by atoms with Crippen LogP contribution in [0.1, 0.15) is 42.1 Å². The number of nitrogens with two attached hydrogens (primary N) is 2. The molecule has 1 aromatic carbocycles. The first-order valence-electron chi connectivity index (χ1n) is 10.3. The molecule has 1 saturated heterocycles. The second-order valence-corrected chi connectivity index (χ2v) is 8.13. The van der Waals surface area contributed by atoms with Crippen molar-refractivity contribution in [1.29, 1.82) is 0 Å². The van der Waals surface area contributed by atoms with Crippen LogP contribution in [-0.4, -0.2) is 44.9 Å². The van der Waals surface area contributed by atoms with Crippen LogP contribution < -0.4 is 22.7 Å². The van der Waals surface area contributed by atoms with E-state index in [1.807, 2.05) is 0 Å². The summed E-state index contributed by atoms with van der Waals surface area (Å²) in [5, 5.41) is 0.0797. The molecule has 1 unspecified atom stereocenters. The highest BCUT2D eigenvalue weighted by molar-refractivity contribution is 6.31. The fourth-order valence-electron chi connectivity index (χ4n) is 4.00. The minimum Gasteiger partial charge on any atom is -0.384 e. The maximum atomic E-state index is 13.4. The summed E-state index contributed by atoms with van der Waals surface area (Å²) in [5.41, 5.74) is 10.2. The highest BCUT2D eigenvalue weighted by Crippen LogP contribution is 2.21. The van der Waals surface area contributed by atoms with Crippen molar-refractivity contribution in [2.45, 2.75) is 45.3 Å². The fraction of sp³-hybridized carbons (Fsp3) is 0.429. The molecule has 1 aliphatic rings. The topological polar surface area (TPSA) is 133 Å². The summed E-state index contributed by atoms with van der Waals surface area (Å²) >= 11 is 6.08. The summed E-state index contributed by atoms with van der Waals surface area (Å²) in [5.74, 6) is -1.99. The molecular formula is C21H25ClFN5O4. The Morgan fingerprint density at radius 2 is 1.94 bits per heavy atom. The van der Waals surface area contributed by atoms with Gasteiger partial charge in [-0.1, -0.05) is 24.1 Å². The van der Waals surface area contributed by atoms with Gasteiger partial charge in [-0.15, -0.1) is 0 Å². The van der Waals surface area contributed by atoms with Gasteiger partial charge in [0.2, 0.25) is 5.91 Å². The van der Waals surface area contributed by atoms with E-state index in [0.717, 1.165) is 28.0 Å². The molecule has 3 rings (SSSR count). The zero-order valence-corrected chi connectivity index (χ0v) is 18.4. The van der Waals surface area contributed by atoms with E-state index < -0.39 is 34.8 Å². The molecule has 2 heterocycles. The highest BCUT2D eigenvalue weighted by atomic mass is 35.5. The summed E-state index contributed by atoms with van der Waals surface area (Å²) < 4.78 is 15.4. The molecule has 32 heavy (non-hydrogen) atoms. The zero-order valence-electron chi connectivity index (χ0n) is 17.6. The first kappa shape index (κ1) is 23.7. The first-order chi connectivity index (χ1) is 15.1. The number of carbonyl (C=O) groups excluding carboxylic acids is 2. The van der Waals surface area contributed by atoms with Crippen LogP contribution in [0, 0.1) is 5.82 Å². The lowest BCUT2D eigenvalue weighted by molar-refractivity contribution is -0.124. The largest absolute Gasteiger partial charge is 0.384 e. The van der Waals surface area contributed by atoms with Gasteiger partial charge in [-0.3, -0.25) is 28.4 Å². The Morgan fingerprint density at radius 1 is 1.22 bits per heavy atom. The predicted octanol–water partition coefficient (Wildman–Crippen LogP) is 0.975. The smallest absolute Gasteiger partial charge is 0.332 e. The number of nitrogen functional groups attached to an aromatic ring is 1. The van der Waals surface area contributed by atoms with E-state index >= 15 is 0 Å². The number of aromatic nitrogens is 2. The van der Waals surface area contributed by atoms with E-state index in [1.165, 1.54) is 12.1 Å². The van der Waals surface area contributed by atoms with E-state index in [9.17, 15) is 23.6 Å². The van der Waals surface area contributed by atoms with Crippen molar-refractivity contribution in [1.82, 2.24) is 14.0 Å². The third-order valence-electron chi connectivity index (χ3n) is 5.70. The Morgan fingerprint density at radius 3 is 2.56 bits per heavy atom. The second kappa shape index (κ2) is 9.66. The number of benzene rings is 1. The van der Waals surface area contributed by atoms with Gasteiger partial charge in [0.15, 0.2) is 5.78 Å². The third-order valence-corrected chi connectivity index (χ3v) is 6.05. The number of hydrogen-bond donors (Lipinski definition) is 2. The van der Waals surface area contributed by atoms with Gasteiger partial charge >= 0.3 is 5.69 Å². The molecule has 0 bridgehead atoms. The maximum absolute atomic E-state index is 13.4. The van der Waals surface area contributed by atoms with E-state index in [1.54, 1.807) is 11.8 Å². The molecule has 4 N–H and O–H groups in total. The molecule has 1 fully saturated rings. The molecule has 1 aromatic heterocycles. The minimum absolute atomic E-state index is 0.0169. The van der Waals surface area contributed by atoms with Gasteiger partial charge in [0.05, 0.1) is 19.1 Å². The Hall–Kier alpha value is -2.98. The zero-order chi connectivity index (χ0) is 23.6. The van der Waals surface area contributed by atoms with Gasteiger partial charge in [0.25, 0.3) is 5.56 Å². The lowest BCUT2D eigenvalue weighted by Gasteiger charge is -2.33. The number of anilines is 1. The number of primary amides is 1. The van der Waals surface area contributed by atoms with E-state index in [-0.39, 0.29) is 36.0 Å². The van der Waals surface area contributed by atoms with E-state index in [4.69, 9.17) is 23.1 Å². The molecule has 1 aliphatic heterocycles. The van der Waals surface area contributed by atoms with Crippen LogP contribution in [-0.2, 0) is 17.9 Å². The number of nitrogens with zero attached hydrogens (tertiary/aromatic N) is 3. The summed E-state index contributed by atoms with van der Waals surface area (Å²) in [6, 6.07) is 3.08. The lowest BCUT2D eigenvalue weighted by atomic mass is 10.0. The standard InChI is InChI=1S/C21H25ClFN5O4/c1-2-27-20(31)17(16(29)11-26-8-4-3-5-15(26)19(25)30)18(24)28(21(27)32)10-12-6-7-13(23)9-14(12)22/h6-7,9,15H,2-5,8,10-11,24H2,1H3,(H2,25,30). The third kappa shape index (κ3) is 4.61. The summed E-state index contributed by atoms with van der Waals surface area (Å²) in [6.45, 7) is 1.70. The summed E-state index contributed by atoms with van der Waals surface area (Å²) in [4.78, 5) is 52.3. The van der Waals surface area contributed by atoms with Gasteiger partial charge < -0.3 is 11.5 Å². The lowest BCUT2D eigenvalue weighted by Crippen LogP contribution is -2.51. The summed E-state index contributed by atoms with van der Waals surface area (Å²) in [6.07, 6.45) is 2.13. The van der Waals surface area contributed by atoms with Crippen LogP contribution in [0.15, 0.2) is 27.8 Å². The first-order valence-corrected chi connectivity index (χ1v) is 10.7. The molecular weight excluding hydrogens is 441 g/mol. The molecule has 1 atom stereocenters. The van der Waals surface area contributed by atoms with Crippen molar-refractivity contribution in [3.8, 4) is 0 Å². The van der Waals surface area contributed by atoms with Crippen molar-refractivity contribution in [2.24, 2.45) is 5.73 Å². The van der Waals surface area contributed by atoms with Crippen molar-refractivity contribution in [3.63, 3.8) is 0 Å². The SMILES string of the molecule is CCn1c(=O)c(C(=O)CN2CCCCC2C(N)=O)c(N)n(Cc2ccc(F)cc2Cl)c1=O. The van der Waals surface area contributed by atoms with Crippen LogP contribution >= 0.6 is 11.6 Å². The van der Waals surface area contributed by atoms with E-state index in [0.29, 0.717) is 18.5 Å². The number of ketones is 1. The molecule has 11 heteroatoms. The fourth-order valence-corrected chi connectivity index (χ4v) is 4.22. The van der Waals surface area contributed by atoms with Crippen molar-refractivity contribution < 1.29 is 14.0 Å². The van der Waals surface area contributed by atoms with E-state index in [2.05, 4.69) is 0 Å². The normalized spacial score (nSPS) is 16.8. The predicted molar refractivity (Wildman–Crippen MR) is 118 cm³/mol. The average Bonchev–Trinajstić information content (AvgIpc) is 2.73. The second-order valence-electron chi connectivity index (χ2n) is 7.72. The Kier molecular flexibility index (Phi) is 7.15. The molecule has 2 aromatic rings. The number of piperidine rings is 1. The van der Waals surface area contributed by atoms with Crippen LogP contribution in [0.4, 0.5) is 10.2 Å². The Labute approximate surface area is 188 Å². The molecule has 0 saturated carbocycles. The number of rotatable bonds is 7. The van der Waals surface area contributed by atoms with Gasteiger partial charge in [-0.2, -0.15) is 0 Å². The Balaban J connectivity index is 2.04. The maximum Gasteiger partial charge on any atom is 0.332 e. The molecule has 172 valence electrons. The molecule has 9 nitrogen and oxygen atoms in total. The van der Waals surface area contributed by atoms with Crippen molar-refractivity contribution in [2.75, 3.05) is 18.8 Å². The van der Waals surface area contributed by atoms with Gasteiger partial charge in [0, 0.05) is 11.6 Å². The van der Waals surface area contributed by atoms with Gasteiger partial charge in [0.1, 0.15) is 17.2 Å². The molecule has 0 spiro atoms. The monoisotopic (exact) mass is 465 g/mol. The summed E-state index contributed by atoms with van der Waals surface area (Å²) in [7, 11) is 0.